The zero-order valence-electron chi connectivity index (χ0n) is 8.83. The summed E-state index contributed by atoms with van der Waals surface area (Å²) < 4.78 is 5.25. The molecule has 3 heteroatoms. The van der Waals surface area contributed by atoms with Gasteiger partial charge in [-0.2, -0.15) is 0 Å². The van der Waals surface area contributed by atoms with E-state index in [4.69, 9.17) is 16.3 Å². The molecule has 1 aromatic carbocycles. The summed E-state index contributed by atoms with van der Waals surface area (Å²) in [5.74, 6) is 0.0386. The van der Waals surface area contributed by atoms with Gasteiger partial charge in [-0.1, -0.05) is 30.7 Å². The number of rotatable bonds is 6. The maximum Gasteiger partial charge on any atom is 0.166 e. The number of halogens is 1. The predicted molar refractivity (Wildman–Crippen MR) is 61.5 cm³/mol. The van der Waals surface area contributed by atoms with Crippen molar-refractivity contribution in [3.63, 3.8) is 0 Å². The molecule has 1 rings (SSSR count). The summed E-state index contributed by atoms with van der Waals surface area (Å²) in [6.45, 7) is 3.21. The van der Waals surface area contributed by atoms with Crippen LogP contribution in [0, 0.1) is 0 Å². The van der Waals surface area contributed by atoms with Crippen molar-refractivity contribution in [1.29, 1.82) is 0 Å². The van der Waals surface area contributed by atoms with E-state index in [-0.39, 0.29) is 5.78 Å². The zero-order valence-corrected chi connectivity index (χ0v) is 9.59. The Bertz CT molecular complexity index is 323. The Hall–Kier alpha value is -0.860. The molecule has 82 valence electrons. The fraction of sp³-hybridized carbons (Fsp3) is 0.417. The minimum Gasteiger partial charge on any atom is -0.381 e. The fourth-order valence-electron chi connectivity index (χ4n) is 1.23. The SMILES string of the molecule is CCCOCCC(=O)c1ccccc1Cl. The van der Waals surface area contributed by atoms with Gasteiger partial charge in [0.2, 0.25) is 0 Å². The Morgan fingerprint density at radius 1 is 1.33 bits per heavy atom. The number of hydrogen-bond donors (Lipinski definition) is 0. The van der Waals surface area contributed by atoms with E-state index in [1.54, 1.807) is 12.1 Å². The summed E-state index contributed by atoms with van der Waals surface area (Å²) in [5, 5.41) is 0.512. The molecule has 0 N–H and O–H groups in total. The summed E-state index contributed by atoms with van der Waals surface area (Å²) in [6, 6.07) is 7.09. The van der Waals surface area contributed by atoms with E-state index < -0.39 is 0 Å². The largest absolute Gasteiger partial charge is 0.381 e. The van der Waals surface area contributed by atoms with E-state index in [2.05, 4.69) is 0 Å². The number of ether oxygens (including phenoxy) is 1. The molecule has 0 spiro atoms. The highest BCUT2D eigenvalue weighted by atomic mass is 35.5. The summed E-state index contributed by atoms with van der Waals surface area (Å²) in [7, 11) is 0. The lowest BCUT2D eigenvalue weighted by Gasteiger charge is -2.03. The molecule has 0 heterocycles. The van der Waals surface area contributed by atoms with Crippen LogP contribution in [0.25, 0.3) is 0 Å². The molecule has 0 atom stereocenters. The molecule has 0 aliphatic heterocycles. The first-order valence-electron chi connectivity index (χ1n) is 5.11. The summed E-state index contributed by atoms with van der Waals surface area (Å²) in [4.78, 5) is 11.7. The molecule has 15 heavy (non-hydrogen) atoms. The number of hydrogen-bond acceptors (Lipinski definition) is 2. The summed E-state index contributed by atoms with van der Waals surface area (Å²) >= 11 is 5.90. The molecular weight excluding hydrogens is 212 g/mol. The molecule has 0 fully saturated rings. The second-order valence-electron chi connectivity index (χ2n) is 3.27. The quantitative estimate of drug-likeness (QED) is 0.549. The smallest absolute Gasteiger partial charge is 0.166 e. The van der Waals surface area contributed by atoms with Gasteiger partial charge in [0.05, 0.1) is 11.6 Å². The van der Waals surface area contributed by atoms with E-state index in [0.29, 0.717) is 30.2 Å². The van der Waals surface area contributed by atoms with Gasteiger partial charge in [-0.05, 0) is 18.6 Å². The fourth-order valence-corrected chi connectivity index (χ4v) is 1.47. The van der Waals surface area contributed by atoms with Gasteiger partial charge in [0.15, 0.2) is 5.78 Å². The van der Waals surface area contributed by atoms with Crippen LogP contribution in [0.4, 0.5) is 0 Å². The van der Waals surface area contributed by atoms with Crippen LogP contribution in [-0.4, -0.2) is 19.0 Å². The Balaban J connectivity index is 2.44. The molecule has 1 aromatic rings. The van der Waals surface area contributed by atoms with Crippen LogP contribution in [-0.2, 0) is 4.74 Å². The van der Waals surface area contributed by atoms with Gasteiger partial charge in [-0.3, -0.25) is 4.79 Å². The Morgan fingerprint density at radius 3 is 2.73 bits per heavy atom. The third kappa shape index (κ3) is 4.02. The van der Waals surface area contributed by atoms with Crippen LogP contribution in [0.2, 0.25) is 5.02 Å². The van der Waals surface area contributed by atoms with Crippen LogP contribution in [0.15, 0.2) is 24.3 Å². The van der Waals surface area contributed by atoms with Crippen molar-refractivity contribution in [1.82, 2.24) is 0 Å². The third-order valence-electron chi connectivity index (χ3n) is 2.00. The molecule has 0 saturated carbocycles. The first kappa shape index (κ1) is 12.2. The van der Waals surface area contributed by atoms with Gasteiger partial charge in [-0.25, -0.2) is 0 Å². The standard InChI is InChI=1S/C12H15ClO2/c1-2-8-15-9-7-12(14)10-5-3-4-6-11(10)13/h3-6H,2,7-9H2,1H3. The molecule has 0 amide bonds. The highest BCUT2D eigenvalue weighted by Gasteiger charge is 2.08. The zero-order chi connectivity index (χ0) is 11.1. The summed E-state index contributed by atoms with van der Waals surface area (Å²) in [6.07, 6.45) is 1.37. The third-order valence-corrected chi connectivity index (χ3v) is 2.33. The number of Topliss-reactive ketones (excluding diaryl/α,β-unsaturated/α-hetero) is 1. The molecule has 0 aliphatic rings. The normalized spacial score (nSPS) is 10.3. The van der Waals surface area contributed by atoms with Gasteiger partial charge < -0.3 is 4.74 Å². The second-order valence-corrected chi connectivity index (χ2v) is 3.67. The Kier molecular flexibility index (Phi) is 5.37. The van der Waals surface area contributed by atoms with Gasteiger partial charge in [0, 0.05) is 18.6 Å². The molecule has 0 unspecified atom stereocenters. The van der Waals surface area contributed by atoms with Crippen LogP contribution in [0.5, 0.6) is 0 Å². The maximum atomic E-state index is 11.7. The first-order chi connectivity index (χ1) is 7.25. The van der Waals surface area contributed by atoms with Crippen molar-refractivity contribution in [2.45, 2.75) is 19.8 Å². The predicted octanol–water partition coefficient (Wildman–Crippen LogP) is 3.34. The van der Waals surface area contributed by atoms with Crippen LogP contribution >= 0.6 is 11.6 Å². The lowest BCUT2D eigenvalue weighted by Crippen LogP contribution is -2.05. The summed E-state index contributed by atoms with van der Waals surface area (Å²) in [5.41, 5.74) is 0.583. The number of carbonyl (C=O) groups excluding carboxylic acids is 1. The lowest BCUT2D eigenvalue weighted by atomic mass is 10.1. The van der Waals surface area contributed by atoms with Gasteiger partial charge in [0.25, 0.3) is 0 Å². The van der Waals surface area contributed by atoms with Crippen LogP contribution < -0.4 is 0 Å². The molecular formula is C12H15ClO2. The minimum atomic E-state index is 0.0386. The van der Waals surface area contributed by atoms with Crippen molar-refractivity contribution >= 4 is 17.4 Å². The second kappa shape index (κ2) is 6.59. The van der Waals surface area contributed by atoms with E-state index >= 15 is 0 Å². The lowest BCUT2D eigenvalue weighted by molar-refractivity contribution is 0.0879. The van der Waals surface area contributed by atoms with Crippen molar-refractivity contribution in [2.75, 3.05) is 13.2 Å². The monoisotopic (exact) mass is 226 g/mol. The Labute approximate surface area is 95.2 Å². The van der Waals surface area contributed by atoms with E-state index in [9.17, 15) is 4.79 Å². The average Bonchev–Trinajstić information content (AvgIpc) is 2.25. The van der Waals surface area contributed by atoms with Crippen molar-refractivity contribution in [3.8, 4) is 0 Å². The Morgan fingerprint density at radius 2 is 2.07 bits per heavy atom. The van der Waals surface area contributed by atoms with E-state index in [1.807, 2.05) is 19.1 Å². The molecule has 0 aliphatic carbocycles. The first-order valence-corrected chi connectivity index (χ1v) is 5.49. The molecule has 0 aromatic heterocycles. The van der Waals surface area contributed by atoms with Crippen LogP contribution in [0.3, 0.4) is 0 Å². The molecule has 0 saturated heterocycles. The molecule has 0 bridgehead atoms. The van der Waals surface area contributed by atoms with E-state index in [1.165, 1.54) is 0 Å². The highest BCUT2D eigenvalue weighted by molar-refractivity contribution is 6.33. The van der Waals surface area contributed by atoms with Crippen molar-refractivity contribution < 1.29 is 9.53 Å². The van der Waals surface area contributed by atoms with Gasteiger partial charge in [0.1, 0.15) is 0 Å². The number of benzene rings is 1. The van der Waals surface area contributed by atoms with Gasteiger partial charge in [-0.15, -0.1) is 0 Å². The number of ketones is 1. The average molecular weight is 227 g/mol. The maximum absolute atomic E-state index is 11.7. The molecule has 0 radical (unpaired) electrons. The molecule has 2 nitrogen and oxygen atoms in total. The van der Waals surface area contributed by atoms with Crippen LogP contribution in [0.1, 0.15) is 30.1 Å². The number of carbonyl (C=O) groups is 1. The van der Waals surface area contributed by atoms with Crippen molar-refractivity contribution in [2.24, 2.45) is 0 Å². The van der Waals surface area contributed by atoms with Gasteiger partial charge >= 0.3 is 0 Å². The minimum absolute atomic E-state index is 0.0386. The highest BCUT2D eigenvalue weighted by Crippen LogP contribution is 2.16. The van der Waals surface area contributed by atoms with Crippen molar-refractivity contribution in [3.05, 3.63) is 34.9 Å². The van der Waals surface area contributed by atoms with E-state index in [0.717, 1.165) is 6.42 Å². The topological polar surface area (TPSA) is 26.3 Å².